The first kappa shape index (κ1) is 22.6. The van der Waals surface area contributed by atoms with Crippen LogP contribution in [0, 0.1) is 0 Å². The molecule has 0 bridgehead atoms. The van der Waals surface area contributed by atoms with Gasteiger partial charge in [-0.1, -0.05) is 19.3 Å². The zero-order valence-corrected chi connectivity index (χ0v) is 16.9. The molecule has 3 N–H and O–H groups in total. The average Bonchev–Trinajstić information content (AvgIpc) is 3.05. The number of ether oxygens (including phenoxy) is 1. The fraction of sp³-hybridized carbons (Fsp3) is 0.765. The van der Waals surface area contributed by atoms with Gasteiger partial charge < -0.3 is 15.8 Å². The monoisotopic (exact) mass is 409 g/mol. The molecule has 3 rings (SSSR count). The van der Waals surface area contributed by atoms with Crippen LogP contribution in [0.25, 0.3) is 0 Å². The topological polar surface area (TPSA) is 77.2 Å². The fourth-order valence-electron chi connectivity index (χ4n) is 3.45. The van der Waals surface area contributed by atoms with Crippen LogP contribution in [0.1, 0.15) is 61.6 Å². The van der Waals surface area contributed by atoms with Gasteiger partial charge in [0.1, 0.15) is 0 Å². The molecule has 2 heterocycles. The maximum absolute atomic E-state index is 12.3. The van der Waals surface area contributed by atoms with E-state index in [9.17, 15) is 4.79 Å². The smallest absolute Gasteiger partial charge is 0.240 e. The molecule has 25 heavy (non-hydrogen) atoms. The van der Waals surface area contributed by atoms with Crippen molar-refractivity contribution in [2.75, 3.05) is 19.8 Å². The van der Waals surface area contributed by atoms with Gasteiger partial charge in [0, 0.05) is 37.5 Å². The number of aromatic nitrogens is 1. The second-order valence-electron chi connectivity index (χ2n) is 6.78. The van der Waals surface area contributed by atoms with Crippen LogP contribution < -0.4 is 11.1 Å². The van der Waals surface area contributed by atoms with Crippen LogP contribution in [0.2, 0.25) is 0 Å². The Kier molecular flexibility index (Phi) is 9.67. The van der Waals surface area contributed by atoms with Gasteiger partial charge in [-0.3, -0.25) is 4.79 Å². The van der Waals surface area contributed by atoms with Crippen LogP contribution in [0.5, 0.6) is 0 Å². The Morgan fingerprint density at radius 3 is 2.64 bits per heavy atom. The quantitative estimate of drug-likeness (QED) is 0.782. The van der Waals surface area contributed by atoms with Gasteiger partial charge in [0.25, 0.3) is 0 Å². The Labute approximate surface area is 166 Å². The summed E-state index contributed by atoms with van der Waals surface area (Å²) in [7, 11) is 0. The van der Waals surface area contributed by atoms with E-state index in [0.29, 0.717) is 38.5 Å². The van der Waals surface area contributed by atoms with Crippen molar-refractivity contribution < 1.29 is 9.53 Å². The number of amides is 1. The SMILES string of the molecule is Cl.Cl.NC1(C(=O)NCCc2nc(C3CCCCC3)cs2)CCOCC1. The molecule has 1 aliphatic heterocycles. The number of carbonyl (C=O) groups is 1. The molecule has 0 unspecified atom stereocenters. The molecule has 5 nitrogen and oxygen atoms in total. The summed E-state index contributed by atoms with van der Waals surface area (Å²) < 4.78 is 5.28. The molecule has 1 aromatic rings. The summed E-state index contributed by atoms with van der Waals surface area (Å²) in [4.78, 5) is 17.0. The molecule has 0 radical (unpaired) electrons. The van der Waals surface area contributed by atoms with Crippen molar-refractivity contribution in [2.45, 2.75) is 62.8 Å². The molecule has 2 aliphatic rings. The first-order valence-corrected chi connectivity index (χ1v) is 9.64. The zero-order valence-electron chi connectivity index (χ0n) is 14.5. The molecule has 1 saturated carbocycles. The molecule has 1 saturated heterocycles. The molecular weight excluding hydrogens is 381 g/mol. The van der Waals surface area contributed by atoms with Crippen molar-refractivity contribution in [2.24, 2.45) is 5.73 Å². The number of carbonyl (C=O) groups excluding carboxylic acids is 1. The highest BCUT2D eigenvalue weighted by molar-refractivity contribution is 7.09. The lowest BCUT2D eigenvalue weighted by molar-refractivity contribution is -0.129. The van der Waals surface area contributed by atoms with Crippen LogP contribution in [0.3, 0.4) is 0 Å². The maximum Gasteiger partial charge on any atom is 0.240 e. The van der Waals surface area contributed by atoms with Gasteiger partial charge in [-0.15, -0.1) is 36.2 Å². The van der Waals surface area contributed by atoms with E-state index in [1.807, 2.05) is 0 Å². The third kappa shape index (κ3) is 6.07. The Balaban J connectivity index is 0.00000156. The zero-order chi connectivity index (χ0) is 16.1. The van der Waals surface area contributed by atoms with Crippen molar-refractivity contribution >= 4 is 42.1 Å². The summed E-state index contributed by atoms with van der Waals surface area (Å²) >= 11 is 1.72. The van der Waals surface area contributed by atoms with Crippen LogP contribution in [0.4, 0.5) is 0 Å². The van der Waals surface area contributed by atoms with Gasteiger partial charge in [-0.05, 0) is 25.7 Å². The molecule has 0 spiro atoms. The minimum Gasteiger partial charge on any atom is -0.381 e. The standard InChI is InChI=1S/C17H27N3O2S.2ClH/c18-17(7-10-22-11-8-17)16(21)19-9-6-15-20-14(12-23-15)13-4-2-1-3-5-13;;/h12-13H,1-11,18H2,(H,19,21);2*1H. The van der Waals surface area contributed by atoms with Gasteiger partial charge in [0.05, 0.1) is 16.2 Å². The maximum atomic E-state index is 12.3. The number of thiazole rings is 1. The second kappa shape index (κ2) is 10.7. The number of hydrogen-bond acceptors (Lipinski definition) is 5. The summed E-state index contributed by atoms with van der Waals surface area (Å²) in [6, 6.07) is 0. The van der Waals surface area contributed by atoms with Crippen LogP contribution in [-0.2, 0) is 16.0 Å². The lowest BCUT2D eigenvalue weighted by Gasteiger charge is -2.31. The van der Waals surface area contributed by atoms with Crippen LogP contribution in [-0.4, -0.2) is 36.2 Å². The van der Waals surface area contributed by atoms with Gasteiger partial charge in [0.15, 0.2) is 0 Å². The molecule has 1 aromatic heterocycles. The highest BCUT2D eigenvalue weighted by Gasteiger charge is 2.35. The molecule has 2 fully saturated rings. The van der Waals surface area contributed by atoms with E-state index in [4.69, 9.17) is 15.5 Å². The lowest BCUT2D eigenvalue weighted by atomic mass is 9.87. The van der Waals surface area contributed by atoms with E-state index in [0.717, 1.165) is 11.4 Å². The van der Waals surface area contributed by atoms with Gasteiger partial charge in [0.2, 0.25) is 5.91 Å². The normalized spacial score (nSPS) is 20.2. The van der Waals surface area contributed by atoms with E-state index in [-0.39, 0.29) is 30.7 Å². The first-order valence-electron chi connectivity index (χ1n) is 8.77. The molecule has 1 aliphatic carbocycles. The predicted molar refractivity (Wildman–Crippen MR) is 106 cm³/mol. The van der Waals surface area contributed by atoms with Crippen molar-refractivity contribution in [3.05, 3.63) is 16.1 Å². The average molecular weight is 410 g/mol. The Hall–Kier alpha value is -0.400. The Morgan fingerprint density at radius 2 is 1.96 bits per heavy atom. The number of nitrogens with two attached hydrogens (primary N) is 1. The van der Waals surface area contributed by atoms with Gasteiger partial charge in [-0.25, -0.2) is 4.98 Å². The summed E-state index contributed by atoms with van der Waals surface area (Å²) in [6.07, 6.45) is 8.56. The third-order valence-electron chi connectivity index (χ3n) is 5.05. The molecule has 0 atom stereocenters. The lowest BCUT2D eigenvalue weighted by Crippen LogP contribution is -2.57. The molecule has 0 aromatic carbocycles. The van der Waals surface area contributed by atoms with E-state index >= 15 is 0 Å². The summed E-state index contributed by atoms with van der Waals surface area (Å²) in [5.41, 5.74) is 6.68. The molecule has 8 heteroatoms. The minimum absolute atomic E-state index is 0. The highest BCUT2D eigenvalue weighted by Crippen LogP contribution is 2.33. The summed E-state index contributed by atoms with van der Waals surface area (Å²) in [6.45, 7) is 1.75. The van der Waals surface area contributed by atoms with Crippen molar-refractivity contribution in [1.82, 2.24) is 10.3 Å². The number of nitrogens with zero attached hydrogens (tertiary/aromatic N) is 1. The van der Waals surface area contributed by atoms with Crippen molar-refractivity contribution in [3.63, 3.8) is 0 Å². The first-order chi connectivity index (χ1) is 11.2. The van der Waals surface area contributed by atoms with E-state index < -0.39 is 5.54 Å². The fourth-order valence-corrected chi connectivity index (χ4v) is 4.33. The summed E-state index contributed by atoms with van der Waals surface area (Å²) in [5.74, 6) is 0.600. The van der Waals surface area contributed by atoms with Crippen LogP contribution >= 0.6 is 36.2 Å². The highest BCUT2D eigenvalue weighted by atomic mass is 35.5. The summed E-state index contributed by atoms with van der Waals surface area (Å²) in [5, 5.41) is 6.30. The van der Waals surface area contributed by atoms with Gasteiger partial charge in [-0.2, -0.15) is 0 Å². The Morgan fingerprint density at radius 1 is 1.28 bits per heavy atom. The number of halogens is 2. The number of hydrogen-bond donors (Lipinski definition) is 2. The van der Waals surface area contributed by atoms with Crippen molar-refractivity contribution in [1.29, 1.82) is 0 Å². The molecule has 1 amide bonds. The van der Waals surface area contributed by atoms with E-state index in [1.165, 1.54) is 37.8 Å². The van der Waals surface area contributed by atoms with Crippen LogP contribution in [0.15, 0.2) is 5.38 Å². The van der Waals surface area contributed by atoms with Gasteiger partial charge >= 0.3 is 0 Å². The Bertz CT molecular complexity index is 530. The predicted octanol–water partition coefficient (Wildman–Crippen LogP) is 3.20. The van der Waals surface area contributed by atoms with Crippen molar-refractivity contribution in [3.8, 4) is 0 Å². The van der Waals surface area contributed by atoms with E-state index in [2.05, 4.69) is 10.7 Å². The molecule has 144 valence electrons. The number of rotatable bonds is 5. The minimum atomic E-state index is -0.756. The second-order valence-corrected chi connectivity index (χ2v) is 7.72. The molecular formula is C17H29Cl2N3O2S. The third-order valence-corrected chi connectivity index (χ3v) is 5.98. The largest absolute Gasteiger partial charge is 0.381 e. The van der Waals surface area contributed by atoms with E-state index in [1.54, 1.807) is 11.3 Å². The number of nitrogens with one attached hydrogen (secondary N) is 1.